The average Bonchev–Trinajstić information content (AvgIpc) is 2.23. The van der Waals surface area contributed by atoms with Gasteiger partial charge in [0.1, 0.15) is 0 Å². The maximum Gasteiger partial charge on any atom is 0.0109 e. The topological polar surface area (TPSA) is 18.5 Å². The van der Waals surface area contributed by atoms with E-state index in [0.29, 0.717) is 5.41 Å². The molecule has 1 N–H and O–H groups in total. The third-order valence-electron chi connectivity index (χ3n) is 2.91. The molecule has 0 aliphatic carbocycles. The first kappa shape index (κ1) is 16.9. The molecule has 0 amide bonds. The Morgan fingerprint density at radius 3 is 2.12 bits per heavy atom. The summed E-state index contributed by atoms with van der Waals surface area (Å²) < 4.78 is 0. The normalized spacial score (nSPS) is 12.7. The smallest absolute Gasteiger partial charge is 0.0109 e. The molecule has 0 aromatic heterocycles. The first-order valence-corrected chi connectivity index (χ1v) is 6.99. The maximum absolute atomic E-state index is 3.46. The molecule has 0 bridgehead atoms. The van der Waals surface area contributed by atoms with Gasteiger partial charge in [0.15, 0.2) is 0 Å². The molecule has 0 unspecified atom stereocenters. The summed E-state index contributed by atoms with van der Waals surface area (Å²) in [4.78, 5) is 4.86. The van der Waals surface area contributed by atoms with E-state index in [2.05, 4.69) is 56.9 Å². The molecule has 0 saturated carbocycles. The fraction of sp³-hybridized carbons (Fsp3) is 1.00. The second-order valence-electron chi connectivity index (χ2n) is 6.02. The van der Waals surface area contributed by atoms with Gasteiger partial charge in [-0.2, -0.15) is 0 Å². The van der Waals surface area contributed by atoms with E-state index in [4.69, 9.17) is 0 Å². The highest BCUT2D eigenvalue weighted by molar-refractivity contribution is 4.76. The van der Waals surface area contributed by atoms with Crippen molar-refractivity contribution in [1.29, 1.82) is 0 Å². The lowest BCUT2D eigenvalue weighted by Gasteiger charge is -2.33. The molecule has 0 saturated heterocycles. The fourth-order valence-electron chi connectivity index (χ4n) is 2.05. The minimum atomic E-state index is 0.359. The molecule has 104 valence electrons. The number of likely N-dealkylation sites (N-methyl/N-ethyl adjacent to an activating group) is 1. The monoisotopic (exact) mass is 243 g/mol. The molecule has 0 aliphatic rings. The van der Waals surface area contributed by atoms with Crippen molar-refractivity contribution in [2.75, 3.05) is 53.4 Å². The van der Waals surface area contributed by atoms with E-state index in [1.165, 1.54) is 26.1 Å². The zero-order chi connectivity index (χ0) is 13.3. The molecule has 0 aromatic rings. The van der Waals surface area contributed by atoms with Gasteiger partial charge in [0, 0.05) is 26.2 Å². The van der Waals surface area contributed by atoms with Crippen LogP contribution in [0.2, 0.25) is 0 Å². The molecule has 0 heterocycles. The van der Waals surface area contributed by atoms with E-state index in [1.54, 1.807) is 0 Å². The predicted octanol–water partition coefficient (Wildman–Crippen LogP) is 1.90. The summed E-state index contributed by atoms with van der Waals surface area (Å²) in [6.07, 6.45) is 1.24. The van der Waals surface area contributed by atoms with Crippen molar-refractivity contribution in [3.63, 3.8) is 0 Å². The van der Waals surface area contributed by atoms with Crippen molar-refractivity contribution in [2.45, 2.75) is 34.1 Å². The molecule has 0 atom stereocenters. The van der Waals surface area contributed by atoms with Gasteiger partial charge < -0.3 is 15.1 Å². The molecular weight excluding hydrogens is 210 g/mol. The van der Waals surface area contributed by atoms with E-state index >= 15 is 0 Å². The van der Waals surface area contributed by atoms with Crippen LogP contribution in [-0.4, -0.2) is 63.2 Å². The SMILES string of the molecule is CCCN(CCN(C)C)CC(C)(C)CNCC. The van der Waals surface area contributed by atoms with Crippen LogP contribution >= 0.6 is 0 Å². The Hall–Kier alpha value is -0.120. The van der Waals surface area contributed by atoms with Crippen LogP contribution in [-0.2, 0) is 0 Å². The first-order chi connectivity index (χ1) is 7.91. The zero-order valence-corrected chi connectivity index (χ0v) is 12.8. The molecule has 0 rings (SSSR count). The third-order valence-corrected chi connectivity index (χ3v) is 2.91. The fourth-order valence-corrected chi connectivity index (χ4v) is 2.05. The quantitative estimate of drug-likeness (QED) is 0.632. The van der Waals surface area contributed by atoms with Crippen molar-refractivity contribution in [1.82, 2.24) is 15.1 Å². The summed E-state index contributed by atoms with van der Waals surface area (Å²) >= 11 is 0. The highest BCUT2D eigenvalue weighted by atomic mass is 15.2. The summed E-state index contributed by atoms with van der Waals surface area (Å²) in [5, 5.41) is 3.46. The molecule has 17 heavy (non-hydrogen) atoms. The summed E-state index contributed by atoms with van der Waals surface area (Å²) in [7, 11) is 4.29. The van der Waals surface area contributed by atoms with Crippen LogP contribution in [0.1, 0.15) is 34.1 Å². The van der Waals surface area contributed by atoms with E-state index in [0.717, 1.165) is 19.6 Å². The molecule has 0 radical (unpaired) electrons. The molecular formula is C14H33N3. The lowest BCUT2D eigenvalue weighted by Crippen LogP contribution is -2.43. The number of nitrogens with zero attached hydrogens (tertiary/aromatic N) is 2. The summed E-state index contributed by atoms with van der Waals surface area (Å²) in [6, 6.07) is 0. The van der Waals surface area contributed by atoms with Crippen LogP contribution in [0.25, 0.3) is 0 Å². The standard InChI is InChI=1S/C14H33N3/c1-7-9-17(11-10-16(5)6)13-14(3,4)12-15-8-2/h15H,7-13H2,1-6H3. The Balaban J connectivity index is 4.11. The van der Waals surface area contributed by atoms with Crippen molar-refractivity contribution in [3.8, 4) is 0 Å². The molecule has 3 nitrogen and oxygen atoms in total. The van der Waals surface area contributed by atoms with Gasteiger partial charge in [0.25, 0.3) is 0 Å². The number of hydrogen-bond donors (Lipinski definition) is 1. The first-order valence-electron chi connectivity index (χ1n) is 6.99. The Kier molecular flexibility index (Phi) is 8.83. The van der Waals surface area contributed by atoms with Crippen LogP contribution in [0.15, 0.2) is 0 Å². The lowest BCUT2D eigenvalue weighted by molar-refractivity contribution is 0.163. The minimum Gasteiger partial charge on any atom is -0.316 e. The van der Waals surface area contributed by atoms with Crippen molar-refractivity contribution >= 4 is 0 Å². The van der Waals surface area contributed by atoms with Gasteiger partial charge in [0.2, 0.25) is 0 Å². The largest absolute Gasteiger partial charge is 0.316 e. The zero-order valence-electron chi connectivity index (χ0n) is 12.8. The van der Waals surface area contributed by atoms with Crippen LogP contribution in [0.3, 0.4) is 0 Å². The van der Waals surface area contributed by atoms with Crippen molar-refractivity contribution < 1.29 is 0 Å². The summed E-state index contributed by atoms with van der Waals surface area (Å²) in [5.41, 5.74) is 0.359. The van der Waals surface area contributed by atoms with Crippen LogP contribution in [0, 0.1) is 5.41 Å². The Morgan fingerprint density at radius 1 is 1.00 bits per heavy atom. The van der Waals surface area contributed by atoms with Gasteiger partial charge in [-0.25, -0.2) is 0 Å². The molecule has 0 fully saturated rings. The van der Waals surface area contributed by atoms with E-state index < -0.39 is 0 Å². The Morgan fingerprint density at radius 2 is 1.65 bits per heavy atom. The van der Waals surface area contributed by atoms with Crippen LogP contribution in [0.5, 0.6) is 0 Å². The molecule has 0 spiro atoms. The predicted molar refractivity (Wildman–Crippen MR) is 77.6 cm³/mol. The Bertz CT molecular complexity index is 178. The van der Waals surface area contributed by atoms with Gasteiger partial charge >= 0.3 is 0 Å². The molecule has 3 heteroatoms. The highest BCUT2D eigenvalue weighted by Crippen LogP contribution is 2.16. The molecule has 0 aromatic carbocycles. The van der Waals surface area contributed by atoms with Gasteiger partial charge in [-0.3, -0.25) is 0 Å². The average molecular weight is 243 g/mol. The van der Waals surface area contributed by atoms with E-state index in [1.807, 2.05) is 0 Å². The van der Waals surface area contributed by atoms with Gasteiger partial charge in [0.05, 0.1) is 0 Å². The summed E-state index contributed by atoms with van der Waals surface area (Å²) in [5.74, 6) is 0. The van der Waals surface area contributed by atoms with Crippen LogP contribution in [0.4, 0.5) is 0 Å². The highest BCUT2D eigenvalue weighted by Gasteiger charge is 2.20. The summed E-state index contributed by atoms with van der Waals surface area (Å²) in [6.45, 7) is 16.0. The molecule has 0 aliphatic heterocycles. The third kappa shape index (κ3) is 9.57. The minimum absolute atomic E-state index is 0.359. The lowest BCUT2D eigenvalue weighted by atomic mass is 9.92. The maximum atomic E-state index is 3.46. The van der Waals surface area contributed by atoms with Crippen LogP contribution < -0.4 is 5.32 Å². The second kappa shape index (κ2) is 8.90. The van der Waals surface area contributed by atoms with Gasteiger partial charge in [-0.1, -0.05) is 27.7 Å². The number of nitrogens with one attached hydrogen (secondary N) is 1. The van der Waals surface area contributed by atoms with Gasteiger partial charge in [-0.05, 0) is 39.0 Å². The van der Waals surface area contributed by atoms with Crippen molar-refractivity contribution in [3.05, 3.63) is 0 Å². The number of rotatable bonds is 10. The van der Waals surface area contributed by atoms with E-state index in [9.17, 15) is 0 Å². The second-order valence-corrected chi connectivity index (χ2v) is 6.02. The van der Waals surface area contributed by atoms with Gasteiger partial charge in [-0.15, -0.1) is 0 Å². The van der Waals surface area contributed by atoms with Crippen molar-refractivity contribution in [2.24, 2.45) is 5.41 Å². The Labute approximate surface area is 109 Å². The number of hydrogen-bond acceptors (Lipinski definition) is 3. The van der Waals surface area contributed by atoms with E-state index in [-0.39, 0.29) is 0 Å².